The van der Waals surface area contributed by atoms with Crippen molar-refractivity contribution in [2.45, 2.75) is 25.9 Å². The van der Waals surface area contributed by atoms with Crippen LogP contribution in [0.4, 0.5) is 0 Å². The van der Waals surface area contributed by atoms with E-state index in [-0.39, 0.29) is 5.60 Å². The van der Waals surface area contributed by atoms with Crippen LogP contribution in [0.1, 0.15) is 20.3 Å². The van der Waals surface area contributed by atoms with Gasteiger partial charge in [0.25, 0.3) is 0 Å². The van der Waals surface area contributed by atoms with Crippen molar-refractivity contribution in [2.75, 3.05) is 0 Å². The van der Waals surface area contributed by atoms with E-state index in [2.05, 4.69) is 32.1 Å². The third-order valence-corrected chi connectivity index (χ3v) is 2.90. The molecule has 0 aromatic rings. The Morgan fingerprint density at radius 1 is 1.50 bits per heavy atom. The normalized spacial score (nSPS) is 33.8. The van der Waals surface area contributed by atoms with E-state index in [0.29, 0.717) is 5.92 Å². The van der Waals surface area contributed by atoms with Gasteiger partial charge in [0, 0.05) is 17.1 Å². The molecule has 0 amide bonds. The number of fused-ring (bicyclic) bond motifs is 2. The van der Waals surface area contributed by atoms with E-state index in [4.69, 9.17) is 4.74 Å². The average molecular weight is 160 g/mol. The molecule has 1 atom stereocenters. The molecule has 62 valence electrons. The average Bonchev–Trinajstić information content (AvgIpc) is 2.04. The van der Waals surface area contributed by atoms with Gasteiger partial charge in [0.05, 0.1) is 0 Å². The molecule has 2 aliphatic heterocycles. The van der Waals surface area contributed by atoms with E-state index in [1.165, 1.54) is 16.9 Å². The summed E-state index contributed by atoms with van der Waals surface area (Å²) in [4.78, 5) is 0. The van der Waals surface area contributed by atoms with Gasteiger partial charge in [-0.1, -0.05) is 18.2 Å². The second-order valence-corrected chi connectivity index (χ2v) is 4.38. The van der Waals surface area contributed by atoms with Gasteiger partial charge in [-0.05, 0) is 20.3 Å². The van der Waals surface area contributed by atoms with Crippen molar-refractivity contribution in [3.05, 3.63) is 35.1 Å². The van der Waals surface area contributed by atoms with Crippen LogP contribution in [0, 0.1) is 5.92 Å². The minimum absolute atomic E-state index is 0.0615. The Kier molecular flexibility index (Phi) is 0.914. The Labute approximate surface area is 72.4 Å². The summed E-state index contributed by atoms with van der Waals surface area (Å²) in [6.07, 6.45) is 7.62. The number of hydrogen-bond acceptors (Lipinski definition) is 1. The molecule has 0 saturated carbocycles. The molecule has 0 spiro atoms. The topological polar surface area (TPSA) is 9.23 Å². The highest BCUT2D eigenvalue weighted by Gasteiger charge is 2.47. The third-order valence-electron chi connectivity index (χ3n) is 2.90. The number of hydrogen-bond donors (Lipinski definition) is 0. The van der Waals surface area contributed by atoms with Crippen LogP contribution in [-0.2, 0) is 4.74 Å². The zero-order valence-corrected chi connectivity index (χ0v) is 7.42. The van der Waals surface area contributed by atoms with E-state index in [0.717, 1.165) is 6.42 Å². The first kappa shape index (κ1) is 6.53. The highest BCUT2D eigenvalue weighted by Crippen LogP contribution is 2.54. The summed E-state index contributed by atoms with van der Waals surface area (Å²) in [6.45, 7) is 4.33. The van der Waals surface area contributed by atoms with E-state index in [9.17, 15) is 0 Å². The number of ether oxygens (including phenoxy) is 1. The standard InChI is InChI=1S/C11H12O/c1-11(2)6-9-7-4-3-5-8(9)10(7)12-11/h3-5,9H,6H2,1-2H3. The largest absolute Gasteiger partial charge is 0.487 e. The van der Waals surface area contributed by atoms with E-state index < -0.39 is 0 Å². The van der Waals surface area contributed by atoms with Crippen LogP contribution in [-0.4, -0.2) is 5.60 Å². The monoisotopic (exact) mass is 160 g/mol. The Balaban J connectivity index is 2.08. The van der Waals surface area contributed by atoms with Crippen LogP contribution in [0.3, 0.4) is 0 Å². The zero-order chi connectivity index (χ0) is 8.34. The highest BCUT2D eigenvalue weighted by molar-refractivity contribution is 5.60. The van der Waals surface area contributed by atoms with Gasteiger partial charge in [-0.2, -0.15) is 0 Å². The van der Waals surface area contributed by atoms with Crippen molar-refractivity contribution in [3.8, 4) is 0 Å². The Morgan fingerprint density at radius 2 is 2.33 bits per heavy atom. The molecule has 12 heavy (non-hydrogen) atoms. The van der Waals surface area contributed by atoms with Crippen molar-refractivity contribution in [1.82, 2.24) is 0 Å². The number of rotatable bonds is 0. The molecule has 4 rings (SSSR count). The maximum atomic E-state index is 5.87. The van der Waals surface area contributed by atoms with Crippen molar-refractivity contribution in [1.29, 1.82) is 0 Å². The van der Waals surface area contributed by atoms with Gasteiger partial charge in [-0.15, -0.1) is 0 Å². The predicted molar refractivity (Wildman–Crippen MR) is 47.5 cm³/mol. The highest BCUT2D eigenvalue weighted by atomic mass is 16.5. The van der Waals surface area contributed by atoms with Crippen LogP contribution in [0.2, 0.25) is 0 Å². The molecule has 1 saturated heterocycles. The fourth-order valence-corrected chi connectivity index (χ4v) is 2.36. The zero-order valence-electron chi connectivity index (χ0n) is 7.42. The molecule has 1 heteroatoms. The minimum Gasteiger partial charge on any atom is -0.487 e. The lowest BCUT2D eigenvalue weighted by atomic mass is 9.67. The summed E-state index contributed by atoms with van der Waals surface area (Å²) >= 11 is 0. The molecule has 1 unspecified atom stereocenters. The third kappa shape index (κ3) is 0.603. The van der Waals surface area contributed by atoms with Crippen molar-refractivity contribution in [2.24, 2.45) is 5.92 Å². The Morgan fingerprint density at radius 3 is 2.83 bits per heavy atom. The lowest BCUT2D eigenvalue weighted by Gasteiger charge is -2.49. The fourth-order valence-electron chi connectivity index (χ4n) is 2.36. The van der Waals surface area contributed by atoms with Crippen LogP contribution in [0.25, 0.3) is 0 Å². The van der Waals surface area contributed by atoms with Crippen molar-refractivity contribution < 1.29 is 4.74 Å². The predicted octanol–water partition coefficient (Wildman–Crippen LogP) is 2.57. The lowest BCUT2D eigenvalue weighted by Crippen LogP contribution is -2.42. The van der Waals surface area contributed by atoms with Crippen molar-refractivity contribution in [3.63, 3.8) is 0 Å². The second kappa shape index (κ2) is 1.68. The van der Waals surface area contributed by atoms with Gasteiger partial charge >= 0.3 is 0 Å². The minimum atomic E-state index is 0.0615. The summed E-state index contributed by atoms with van der Waals surface area (Å²) in [7, 11) is 0. The molecule has 1 nitrogen and oxygen atoms in total. The summed E-state index contributed by atoms with van der Waals surface area (Å²) in [6, 6.07) is 0. The SMILES string of the molecule is CC1(C)CC2c3cccc2c3O1. The van der Waals surface area contributed by atoms with Gasteiger partial charge in [0.2, 0.25) is 0 Å². The summed E-state index contributed by atoms with van der Waals surface area (Å²) in [5, 5.41) is 0. The molecule has 2 aliphatic carbocycles. The molecule has 0 radical (unpaired) electrons. The molecular weight excluding hydrogens is 148 g/mol. The van der Waals surface area contributed by atoms with E-state index in [1.807, 2.05) is 0 Å². The van der Waals surface area contributed by atoms with Gasteiger partial charge in [0.15, 0.2) is 0 Å². The molecule has 4 bridgehead atoms. The molecule has 0 aromatic carbocycles. The summed E-state index contributed by atoms with van der Waals surface area (Å²) in [5.41, 5.74) is 2.91. The smallest absolute Gasteiger partial charge is 0.127 e. The molecule has 4 aliphatic rings. The van der Waals surface area contributed by atoms with Crippen LogP contribution < -0.4 is 0 Å². The molecule has 1 fully saturated rings. The Hall–Kier alpha value is -0.980. The fraction of sp³-hybridized carbons (Fsp3) is 0.455. The van der Waals surface area contributed by atoms with Gasteiger partial charge in [-0.3, -0.25) is 0 Å². The van der Waals surface area contributed by atoms with Crippen LogP contribution in [0.15, 0.2) is 35.1 Å². The van der Waals surface area contributed by atoms with Crippen molar-refractivity contribution >= 4 is 0 Å². The second-order valence-electron chi connectivity index (χ2n) is 4.38. The summed E-state index contributed by atoms with van der Waals surface area (Å²) in [5.74, 6) is 1.85. The quantitative estimate of drug-likeness (QED) is 0.529. The maximum absolute atomic E-state index is 5.87. The first-order chi connectivity index (χ1) is 5.67. The van der Waals surface area contributed by atoms with Gasteiger partial charge < -0.3 is 4.74 Å². The molecular formula is C11H12O. The van der Waals surface area contributed by atoms with E-state index in [1.54, 1.807) is 0 Å². The van der Waals surface area contributed by atoms with Gasteiger partial charge in [-0.25, -0.2) is 0 Å². The molecule has 0 aromatic heterocycles. The molecule has 0 N–H and O–H groups in total. The summed E-state index contributed by atoms with van der Waals surface area (Å²) < 4.78 is 5.87. The first-order valence-electron chi connectivity index (χ1n) is 4.49. The Bertz CT molecular complexity index is 342. The first-order valence-corrected chi connectivity index (χ1v) is 4.49. The lowest BCUT2D eigenvalue weighted by molar-refractivity contribution is -0.0188. The van der Waals surface area contributed by atoms with Gasteiger partial charge in [0.1, 0.15) is 11.4 Å². The molecule has 2 heterocycles. The maximum Gasteiger partial charge on any atom is 0.127 e. The van der Waals surface area contributed by atoms with E-state index >= 15 is 0 Å². The number of allylic oxidation sites excluding steroid dienone is 5. The van der Waals surface area contributed by atoms with Crippen LogP contribution in [0.5, 0.6) is 0 Å². The van der Waals surface area contributed by atoms with Crippen LogP contribution >= 0.6 is 0 Å².